The fourth-order valence-electron chi connectivity index (χ4n) is 3.91. The molecule has 4 rings (SSSR count). The van der Waals surface area contributed by atoms with Crippen LogP contribution in [0, 0.1) is 0 Å². The van der Waals surface area contributed by atoms with Gasteiger partial charge in [0.05, 0.1) is 18.2 Å². The van der Waals surface area contributed by atoms with Gasteiger partial charge in [-0.2, -0.15) is 13.2 Å². The summed E-state index contributed by atoms with van der Waals surface area (Å²) >= 11 is 0. The number of carbonyl (C=O) groups is 1. The highest BCUT2D eigenvalue weighted by molar-refractivity contribution is 5.96. The number of alkyl halides is 3. The third-order valence-corrected chi connectivity index (χ3v) is 5.55. The van der Waals surface area contributed by atoms with Crippen LogP contribution in [-0.4, -0.2) is 49.0 Å². The molecule has 2 aromatic carbocycles. The number of amides is 1. The molecule has 1 aliphatic heterocycles. The Hall–Kier alpha value is -3.33. The van der Waals surface area contributed by atoms with Gasteiger partial charge in [-0.3, -0.25) is 9.69 Å². The number of nitrogens with zero attached hydrogens (tertiary/aromatic N) is 2. The van der Waals surface area contributed by atoms with Gasteiger partial charge in [-0.1, -0.05) is 12.1 Å². The number of fused-ring (bicyclic) bond motifs is 1. The van der Waals surface area contributed by atoms with Gasteiger partial charge in [0.15, 0.2) is 0 Å². The van der Waals surface area contributed by atoms with Crippen molar-refractivity contribution >= 4 is 16.9 Å². The predicted molar refractivity (Wildman–Crippen MR) is 112 cm³/mol. The highest BCUT2D eigenvalue weighted by atomic mass is 19.4. The van der Waals surface area contributed by atoms with Crippen LogP contribution in [0.25, 0.3) is 11.0 Å². The van der Waals surface area contributed by atoms with Crippen LogP contribution in [0.5, 0.6) is 5.75 Å². The first-order valence-corrected chi connectivity index (χ1v) is 10.0. The van der Waals surface area contributed by atoms with Crippen LogP contribution in [0.3, 0.4) is 0 Å². The lowest BCUT2D eigenvalue weighted by molar-refractivity contribution is -0.138. The van der Waals surface area contributed by atoms with E-state index in [0.29, 0.717) is 31.0 Å². The van der Waals surface area contributed by atoms with Crippen molar-refractivity contribution in [2.75, 3.05) is 33.3 Å². The molecule has 1 aliphatic rings. The molecular formula is C23H21F3N2O4. The molecule has 0 aliphatic carbocycles. The molecule has 1 amide bonds. The summed E-state index contributed by atoms with van der Waals surface area (Å²) in [5, 5.41) is 0.781. The molecular weight excluding hydrogens is 425 g/mol. The topological polar surface area (TPSA) is 63.0 Å². The molecule has 3 aromatic rings. The SMILES string of the molecule is COc1ccc2c(CN3CCN(C(=O)c4ccccc4C(F)(F)F)CC3)cc(=O)oc2c1. The van der Waals surface area contributed by atoms with E-state index in [9.17, 15) is 22.8 Å². The fourth-order valence-corrected chi connectivity index (χ4v) is 3.91. The molecule has 0 N–H and O–H groups in total. The number of rotatable bonds is 4. The third-order valence-electron chi connectivity index (χ3n) is 5.55. The maximum absolute atomic E-state index is 13.3. The Morgan fingerprint density at radius 1 is 1.06 bits per heavy atom. The average molecular weight is 446 g/mol. The molecule has 2 heterocycles. The molecule has 1 fully saturated rings. The monoisotopic (exact) mass is 446 g/mol. The van der Waals surface area contributed by atoms with Gasteiger partial charge < -0.3 is 14.1 Å². The normalized spacial score (nSPS) is 15.2. The Kier molecular flexibility index (Phi) is 5.92. The minimum Gasteiger partial charge on any atom is -0.497 e. The Morgan fingerprint density at radius 3 is 2.47 bits per heavy atom. The first-order chi connectivity index (χ1) is 15.3. The Bertz CT molecular complexity index is 1200. The van der Waals surface area contributed by atoms with Crippen molar-refractivity contribution in [3.8, 4) is 5.75 Å². The quantitative estimate of drug-likeness (QED) is 0.571. The number of benzene rings is 2. The number of carbonyl (C=O) groups excluding carboxylic acids is 1. The molecule has 0 bridgehead atoms. The molecule has 1 saturated heterocycles. The van der Waals surface area contributed by atoms with E-state index < -0.39 is 23.3 Å². The molecule has 0 spiro atoms. The van der Waals surface area contributed by atoms with Gasteiger partial charge in [0, 0.05) is 50.2 Å². The van der Waals surface area contributed by atoms with E-state index in [1.165, 1.54) is 36.3 Å². The van der Waals surface area contributed by atoms with Crippen molar-refractivity contribution in [1.82, 2.24) is 9.80 Å². The van der Waals surface area contributed by atoms with Crippen LogP contribution in [0.15, 0.2) is 57.7 Å². The second kappa shape index (κ2) is 8.66. The minimum absolute atomic E-state index is 0.290. The molecule has 168 valence electrons. The van der Waals surface area contributed by atoms with Gasteiger partial charge in [-0.05, 0) is 29.8 Å². The molecule has 0 atom stereocenters. The summed E-state index contributed by atoms with van der Waals surface area (Å²) < 4.78 is 50.2. The van der Waals surface area contributed by atoms with Crippen LogP contribution < -0.4 is 10.4 Å². The zero-order valence-corrected chi connectivity index (χ0v) is 17.3. The summed E-state index contributed by atoms with van der Waals surface area (Å²) in [4.78, 5) is 28.2. The maximum Gasteiger partial charge on any atom is 0.417 e. The van der Waals surface area contributed by atoms with E-state index >= 15 is 0 Å². The van der Waals surface area contributed by atoms with Crippen molar-refractivity contribution < 1.29 is 27.1 Å². The largest absolute Gasteiger partial charge is 0.497 e. The zero-order valence-electron chi connectivity index (χ0n) is 17.3. The van der Waals surface area contributed by atoms with E-state index in [0.717, 1.165) is 17.0 Å². The fraction of sp³-hybridized carbons (Fsp3) is 0.304. The molecule has 1 aromatic heterocycles. The van der Waals surface area contributed by atoms with Crippen LogP contribution in [-0.2, 0) is 12.7 Å². The van der Waals surface area contributed by atoms with Gasteiger partial charge in [-0.25, -0.2) is 4.79 Å². The van der Waals surface area contributed by atoms with Gasteiger partial charge in [0.2, 0.25) is 0 Å². The average Bonchev–Trinajstić information content (AvgIpc) is 2.78. The Balaban J connectivity index is 1.47. The molecule has 0 radical (unpaired) electrons. The van der Waals surface area contributed by atoms with E-state index in [2.05, 4.69) is 4.90 Å². The standard InChI is InChI=1S/C23H21F3N2O4/c1-31-16-6-7-17-15(12-21(29)32-20(17)13-16)14-27-8-10-28(11-9-27)22(30)18-4-2-3-5-19(18)23(24,25)26/h2-7,12-13H,8-11,14H2,1H3. The third kappa shape index (κ3) is 4.47. The van der Waals surface area contributed by atoms with Crippen LogP contribution in [0.2, 0.25) is 0 Å². The number of hydrogen-bond donors (Lipinski definition) is 0. The molecule has 32 heavy (non-hydrogen) atoms. The molecule has 6 nitrogen and oxygen atoms in total. The van der Waals surface area contributed by atoms with Crippen molar-refractivity contribution in [1.29, 1.82) is 0 Å². The summed E-state index contributed by atoms with van der Waals surface area (Å²) in [6, 6.07) is 11.5. The lowest BCUT2D eigenvalue weighted by atomic mass is 10.1. The summed E-state index contributed by atoms with van der Waals surface area (Å²) in [7, 11) is 1.52. The van der Waals surface area contributed by atoms with Gasteiger partial charge in [-0.15, -0.1) is 0 Å². The van der Waals surface area contributed by atoms with Crippen molar-refractivity contribution in [3.63, 3.8) is 0 Å². The highest BCUT2D eigenvalue weighted by Gasteiger charge is 2.36. The van der Waals surface area contributed by atoms with Gasteiger partial charge >= 0.3 is 11.8 Å². The second-order valence-corrected chi connectivity index (χ2v) is 7.56. The van der Waals surface area contributed by atoms with Crippen molar-refractivity contribution in [2.24, 2.45) is 0 Å². The number of ether oxygens (including phenoxy) is 1. The molecule has 0 unspecified atom stereocenters. The lowest BCUT2D eigenvalue weighted by Gasteiger charge is -2.35. The number of methoxy groups -OCH3 is 1. The number of piperazine rings is 1. The van der Waals surface area contributed by atoms with Gasteiger partial charge in [0.25, 0.3) is 5.91 Å². The van der Waals surface area contributed by atoms with Crippen molar-refractivity contribution in [2.45, 2.75) is 12.7 Å². The van der Waals surface area contributed by atoms with Crippen LogP contribution >= 0.6 is 0 Å². The molecule has 0 saturated carbocycles. The zero-order chi connectivity index (χ0) is 22.9. The summed E-state index contributed by atoms with van der Waals surface area (Å²) in [5.74, 6) is -0.0560. The van der Waals surface area contributed by atoms with Crippen molar-refractivity contribution in [3.05, 3.63) is 75.6 Å². The van der Waals surface area contributed by atoms with Crippen LogP contribution in [0.4, 0.5) is 13.2 Å². The van der Waals surface area contributed by atoms with E-state index in [-0.39, 0.29) is 18.7 Å². The summed E-state index contributed by atoms with van der Waals surface area (Å²) in [5.41, 5.74) is -0.539. The predicted octanol–water partition coefficient (Wildman–Crippen LogP) is 3.78. The number of hydrogen-bond acceptors (Lipinski definition) is 5. The highest BCUT2D eigenvalue weighted by Crippen LogP contribution is 2.32. The van der Waals surface area contributed by atoms with E-state index in [4.69, 9.17) is 9.15 Å². The summed E-state index contributed by atoms with van der Waals surface area (Å²) in [6.07, 6.45) is -4.59. The van der Waals surface area contributed by atoms with Gasteiger partial charge in [0.1, 0.15) is 11.3 Å². The first-order valence-electron chi connectivity index (χ1n) is 10.0. The lowest BCUT2D eigenvalue weighted by Crippen LogP contribution is -2.48. The maximum atomic E-state index is 13.3. The Labute approximate surface area is 181 Å². The van der Waals surface area contributed by atoms with E-state index in [1.807, 2.05) is 6.07 Å². The van der Waals surface area contributed by atoms with E-state index in [1.54, 1.807) is 12.1 Å². The first kappa shape index (κ1) is 21.9. The number of halogens is 3. The Morgan fingerprint density at radius 2 is 1.78 bits per heavy atom. The summed E-state index contributed by atoms with van der Waals surface area (Å²) in [6.45, 7) is 1.97. The second-order valence-electron chi connectivity index (χ2n) is 7.56. The molecule has 9 heteroatoms. The smallest absolute Gasteiger partial charge is 0.417 e. The van der Waals surface area contributed by atoms with Crippen LogP contribution in [0.1, 0.15) is 21.5 Å². The minimum atomic E-state index is -4.59.